The lowest BCUT2D eigenvalue weighted by Crippen LogP contribution is -2.02. The van der Waals surface area contributed by atoms with Crippen molar-refractivity contribution in [2.24, 2.45) is 0 Å². The summed E-state index contributed by atoms with van der Waals surface area (Å²) < 4.78 is 18.0. The zero-order valence-corrected chi connectivity index (χ0v) is 21.5. The molecular formula is C24H25IO3S2. The number of thioether (sulfide) groups is 2. The summed E-state index contributed by atoms with van der Waals surface area (Å²) in [7, 11) is 4.96. The number of rotatable bonds is 8. The van der Waals surface area contributed by atoms with Gasteiger partial charge in [-0.2, -0.15) is 0 Å². The molecule has 3 aromatic rings. The molecule has 0 aromatic heterocycles. The second kappa shape index (κ2) is 10.7. The Labute approximate surface area is 201 Å². The number of benzene rings is 3. The van der Waals surface area contributed by atoms with Gasteiger partial charge in [-0.1, -0.05) is 35.4 Å². The lowest BCUT2D eigenvalue weighted by molar-refractivity contribution is 0.322. The Morgan fingerprint density at radius 1 is 0.700 bits per heavy atom. The van der Waals surface area contributed by atoms with E-state index in [0.717, 1.165) is 9.13 Å². The van der Waals surface area contributed by atoms with Crippen LogP contribution < -0.4 is 14.2 Å². The molecule has 0 bridgehead atoms. The SMILES string of the molecule is COc1cc(C(Sc2ccc(C)cc2)Sc2ccc(C)cc2)c(I)c(OC)c1OC. The molecule has 0 spiro atoms. The highest BCUT2D eigenvalue weighted by Crippen LogP contribution is 2.53. The first-order valence-corrected chi connectivity index (χ1v) is 12.3. The minimum Gasteiger partial charge on any atom is -0.493 e. The standard InChI is InChI=1S/C24H25IO3S2/c1-15-6-10-17(11-7-15)29-24(30-18-12-8-16(2)9-13-18)19-14-20(26-3)22(27-4)23(28-5)21(19)25/h6-14,24H,1-5H3. The number of hydrogen-bond acceptors (Lipinski definition) is 5. The third-order valence-electron chi connectivity index (χ3n) is 4.58. The normalized spacial score (nSPS) is 10.9. The highest BCUT2D eigenvalue weighted by atomic mass is 127. The second-order valence-electron chi connectivity index (χ2n) is 6.74. The van der Waals surface area contributed by atoms with Crippen molar-refractivity contribution in [2.45, 2.75) is 28.2 Å². The van der Waals surface area contributed by atoms with Crippen molar-refractivity contribution in [3.63, 3.8) is 0 Å². The lowest BCUT2D eigenvalue weighted by atomic mass is 10.2. The van der Waals surface area contributed by atoms with E-state index in [-0.39, 0.29) is 4.58 Å². The van der Waals surface area contributed by atoms with Crippen molar-refractivity contribution in [3.8, 4) is 17.2 Å². The molecule has 0 amide bonds. The van der Waals surface area contributed by atoms with Crippen LogP contribution in [0.5, 0.6) is 17.2 Å². The molecule has 0 aliphatic rings. The molecule has 0 saturated heterocycles. The third kappa shape index (κ3) is 5.39. The van der Waals surface area contributed by atoms with Crippen LogP contribution >= 0.6 is 46.1 Å². The summed E-state index contributed by atoms with van der Waals surface area (Å²) in [4.78, 5) is 2.43. The highest BCUT2D eigenvalue weighted by molar-refractivity contribution is 14.1. The summed E-state index contributed by atoms with van der Waals surface area (Å²) in [5, 5.41) is 0. The van der Waals surface area contributed by atoms with Gasteiger partial charge >= 0.3 is 0 Å². The van der Waals surface area contributed by atoms with Crippen LogP contribution in [0.3, 0.4) is 0 Å². The second-order valence-corrected chi connectivity index (χ2v) is 10.5. The summed E-state index contributed by atoms with van der Waals surface area (Å²) >= 11 is 5.99. The maximum atomic E-state index is 5.70. The fraction of sp³-hybridized carbons (Fsp3) is 0.250. The average molecular weight is 552 g/mol. The van der Waals surface area contributed by atoms with E-state index >= 15 is 0 Å². The van der Waals surface area contributed by atoms with Gasteiger partial charge in [-0.05, 0) is 72.3 Å². The van der Waals surface area contributed by atoms with Crippen molar-refractivity contribution in [3.05, 3.63) is 74.9 Å². The number of aryl methyl sites for hydroxylation is 2. The van der Waals surface area contributed by atoms with Gasteiger partial charge in [0.05, 0.1) is 29.5 Å². The molecule has 0 aliphatic heterocycles. The molecule has 158 valence electrons. The van der Waals surface area contributed by atoms with E-state index in [2.05, 4.69) is 91.0 Å². The number of ether oxygens (including phenoxy) is 3. The van der Waals surface area contributed by atoms with Gasteiger partial charge < -0.3 is 14.2 Å². The topological polar surface area (TPSA) is 27.7 Å². The zero-order valence-electron chi connectivity index (χ0n) is 17.7. The Bertz CT molecular complexity index is 941. The van der Waals surface area contributed by atoms with E-state index < -0.39 is 0 Å². The first-order chi connectivity index (χ1) is 14.5. The van der Waals surface area contributed by atoms with E-state index in [1.54, 1.807) is 21.3 Å². The van der Waals surface area contributed by atoms with Gasteiger partial charge in [0.1, 0.15) is 0 Å². The van der Waals surface area contributed by atoms with Gasteiger partial charge in [-0.3, -0.25) is 0 Å². The molecule has 0 fully saturated rings. The fourth-order valence-corrected chi connectivity index (χ4v) is 6.86. The summed E-state index contributed by atoms with van der Waals surface area (Å²) in [5.74, 6) is 1.99. The van der Waals surface area contributed by atoms with Gasteiger partial charge in [0, 0.05) is 9.79 Å². The molecule has 3 nitrogen and oxygen atoms in total. The van der Waals surface area contributed by atoms with Gasteiger partial charge in [-0.15, -0.1) is 23.5 Å². The van der Waals surface area contributed by atoms with E-state index in [1.165, 1.54) is 20.9 Å². The molecule has 30 heavy (non-hydrogen) atoms. The molecule has 3 aromatic carbocycles. The van der Waals surface area contributed by atoms with Crippen molar-refractivity contribution >= 4 is 46.1 Å². The number of halogens is 1. The van der Waals surface area contributed by atoms with Crippen LogP contribution in [-0.2, 0) is 0 Å². The van der Waals surface area contributed by atoms with Crippen molar-refractivity contribution in [1.82, 2.24) is 0 Å². The van der Waals surface area contributed by atoms with Crippen molar-refractivity contribution in [2.75, 3.05) is 21.3 Å². The van der Waals surface area contributed by atoms with Gasteiger partial charge in [-0.25, -0.2) is 0 Å². The first-order valence-electron chi connectivity index (χ1n) is 9.41. The molecule has 0 aliphatic carbocycles. The predicted molar refractivity (Wildman–Crippen MR) is 136 cm³/mol. The average Bonchev–Trinajstić information content (AvgIpc) is 2.75. The quantitative estimate of drug-likeness (QED) is 0.164. The van der Waals surface area contributed by atoms with Crippen LogP contribution in [0.25, 0.3) is 0 Å². The van der Waals surface area contributed by atoms with Crippen LogP contribution in [0.4, 0.5) is 0 Å². The van der Waals surface area contributed by atoms with E-state index in [9.17, 15) is 0 Å². The molecular weight excluding hydrogens is 527 g/mol. The molecule has 6 heteroatoms. The maximum absolute atomic E-state index is 5.70. The molecule has 0 saturated carbocycles. The molecule has 0 heterocycles. The summed E-state index contributed by atoms with van der Waals surface area (Å²) in [6.45, 7) is 4.21. The molecule has 0 radical (unpaired) electrons. The van der Waals surface area contributed by atoms with Gasteiger partial charge in [0.15, 0.2) is 11.5 Å². The maximum Gasteiger partial charge on any atom is 0.204 e. The van der Waals surface area contributed by atoms with Gasteiger partial charge in [0.25, 0.3) is 0 Å². The van der Waals surface area contributed by atoms with Crippen LogP contribution in [-0.4, -0.2) is 21.3 Å². The van der Waals surface area contributed by atoms with E-state index in [0.29, 0.717) is 17.2 Å². The minimum absolute atomic E-state index is 0.107. The first kappa shape index (κ1) is 23.2. The van der Waals surface area contributed by atoms with Crippen LogP contribution in [0.1, 0.15) is 21.3 Å². The zero-order chi connectivity index (χ0) is 21.7. The van der Waals surface area contributed by atoms with Gasteiger partial charge in [0.2, 0.25) is 5.75 Å². The Kier molecular flexibility index (Phi) is 8.25. The molecule has 0 unspecified atom stereocenters. The summed E-state index contributed by atoms with van der Waals surface area (Å²) in [5.41, 5.74) is 3.65. The van der Waals surface area contributed by atoms with Crippen LogP contribution in [0.15, 0.2) is 64.4 Å². The van der Waals surface area contributed by atoms with Crippen molar-refractivity contribution < 1.29 is 14.2 Å². The Morgan fingerprint density at radius 2 is 1.17 bits per heavy atom. The Balaban J connectivity index is 2.08. The molecule has 3 rings (SSSR count). The largest absolute Gasteiger partial charge is 0.493 e. The third-order valence-corrected chi connectivity index (χ3v) is 8.29. The van der Waals surface area contributed by atoms with Crippen LogP contribution in [0.2, 0.25) is 0 Å². The number of methoxy groups -OCH3 is 3. The van der Waals surface area contributed by atoms with E-state index in [4.69, 9.17) is 14.2 Å². The predicted octanol–water partition coefficient (Wildman–Crippen LogP) is 7.52. The Morgan fingerprint density at radius 3 is 1.57 bits per heavy atom. The summed E-state index contributed by atoms with van der Waals surface area (Å²) in [6, 6.07) is 19.4. The molecule has 0 atom stereocenters. The minimum atomic E-state index is 0.107. The van der Waals surface area contributed by atoms with E-state index in [1.807, 2.05) is 23.5 Å². The highest BCUT2D eigenvalue weighted by Gasteiger charge is 2.25. The van der Waals surface area contributed by atoms with Crippen LogP contribution in [0, 0.1) is 17.4 Å². The Hall–Kier alpha value is -1.51. The monoisotopic (exact) mass is 552 g/mol. The fourth-order valence-electron chi connectivity index (χ4n) is 2.94. The summed E-state index contributed by atoms with van der Waals surface area (Å²) in [6.07, 6.45) is 0. The smallest absolute Gasteiger partial charge is 0.204 e. The lowest BCUT2D eigenvalue weighted by Gasteiger charge is -2.22. The number of hydrogen-bond donors (Lipinski definition) is 0. The van der Waals surface area contributed by atoms with Crippen molar-refractivity contribution in [1.29, 1.82) is 0 Å². The molecule has 0 N–H and O–H groups in total.